The summed E-state index contributed by atoms with van der Waals surface area (Å²) in [4.78, 5) is 14.4. The Morgan fingerprint density at radius 1 is 0.951 bits per heavy atom. The number of rotatable bonds is 7. The molecule has 13 nitrogen and oxygen atoms in total. The molecule has 2 unspecified atom stereocenters. The third kappa shape index (κ3) is 9.32. The maximum atomic E-state index is 14.4. The largest absolute Gasteiger partial charge is 0.462 e. The van der Waals surface area contributed by atoms with Crippen LogP contribution in [0.2, 0.25) is 0 Å². The summed E-state index contributed by atoms with van der Waals surface area (Å²) in [7, 11) is 3.42. The number of allylic oxidation sites excluding steroid dienone is 2. The van der Waals surface area contributed by atoms with Gasteiger partial charge in [0.05, 0.1) is 61.5 Å². The zero-order chi connectivity index (χ0) is 44.0. The van der Waals surface area contributed by atoms with E-state index in [0.29, 0.717) is 43.3 Å². The molecule has 0 aromatic carbocycles. The predicted molar refractivity (Wildman–Crippen MR) is 228 cm³/mol. The number of hydrogen-bond donors (Lipinski definition) is 3. The molecule has 7 aliphatic rings. The fourth-order valence-electron chi connectivity index (χ4n) is 11.1. The van der Waals surface area contributed by atoms with E-state index in [4.69, 9.17) is 48.4 Å². The Morgan fingerprint density at radius 2 is 1.70 bits per heavy atom. The Labute approximate surface area is 363 Å². The van der Waals surface area contributed by atoms with E-state index in [2.05, 4.69) is 53.7 Å². The maximum Gasteiger partial charge on any atom is 0.316 e. The van der Waals surface area contributed by atoms with E-state index in [1.54, 1.807) is 33.3 Å². The van der Waals surface area contributed by atoms with Crippen LogP contribution in [0.25, 0.3) is 0 Å². The molecule has 2 bridgehead atoms. The van der Waals surface area contributed by atoms with Gasteiger partial charge in [-0.15, -0.1) is 0 Å². The van der Waals surface area contributed by atoms with E-state index in [1.807, 2.05) is 25.2 Å². The summed E-state index contributed by atoms with van der Waals surface area (Å²) in [6.07, 6.45) is 11.9. The minimum atomic E-state index is -1.82. The Kier molecular flexibility index (Phi) is 14.6. The van der Waals surface area contributed by atoms with Crippen molar-refractivity contribution in [2.24, 2.45) is 35.3 Å². The Bertz CT molecular complexity index is 1710. The highest BCUT2D eigenvalue weighted by Crippen LogP contribution is 2.47. The molecule has 0 amide bonds. The van der Waals surface area contributed by atoms with Crippen LogP contribution >= 0.6 is 0 Å². The van der Waals surface area contributed by atoms with Crippen molar-refractivity contribution in [3.63, 3.8) is 0 Å². The molecule has 342 valence electrons. The minimum absolute atomic E-state index is 0.0465. The number of aliphatic hydroxyl groups is 2. The molecule has 0 radical (unpaired) electrons. The average Bonchev–Trinajstić information content (AvgIpc) is 3.57. The Hall–Kier alpha value is -2.27. The van der Waals surface area contributed by atoms with Crippen LogP contribution in [0.3, 0.4) is 0 Å². The molecule has 4 fully saturated rings. The average molecular weight is 856 g/mol. The molecular formula is C48H73NO12. The molecule has 20 atom stereocenters. The number of nitrogens with two attached hydrogens (primary N) is 1. The molecule has 6 aliphatic heterocycles. The number of methoxy groups -OCH3 is 2. The van der Waals surface area contributed by atoms with Crippen molar-refractivity contribution in [1.29, 1.82) is 0 Å². The Balaban J connectivity index is 1.21. The van der Waals surface area contributed by atoms with Gasteiger partial charge in [0, 0.05) is 57.7 Å². The van der Waals surface area contributed by atoms with Gasteiger partial charge in [-0.05, 0) is 62.8 Å². The fraction of sp³-hybridized carbons (Fsp3) is 0.771. The van der Waals surface area contributed by atoms with Crippen LogP contribution in [-0.2, 0) is 47.4 Å². The monoisotopic (exact) mass is 856 g/mol. The van der Waals surface area contributed by atoms with Gasteiger partial charge in [-0.1, -0.05) is 70.6 Å². The lowest BCUT2D eigenvalue weighted by Gasteiger charge is -2.48. The molecule has 0 aromatic rings. The molecule has 0 aromatic heterocycles. The summed E-state index contributed by atoms with van der Waals surface area (Å²) in [5, 5.41) is 23.7. The molecule has 4 saturated heterocycles. The Morgan fingerprint density at radius 3 is 2.43 bits per heavy atom. The first-order valence-electron chi connectivity index (χ1n) is 22.8. The zero-order valence-electron chi connectivity index (χ0n) is 37.9. The number of carbonyl (C=O) groups is 1. The molecule has 6 heterocycles. The van der Waals surface area contributed by atoms with Crippen molar-refractivity contribution in [3.8, 4) is 0 Å². The van der Waals surface area contributed by atoms with Gasteiger partial charge < -0.3 is 58.6 Å². The SMILES string of the molecule is CCC(C)[C@H]1O[C@]2(C=C[C@@H]1C)C[C@@H]1C[C@@H](C/C=C(\C)[C@@H](O[C@H]3C[C@H](OC)C([C@H]4C[C@H](OC)[C@H](N)[C@H](C)O4)[C@H](C)O3)[C@@H](C)/C=C/C=C3\CO[C@@H]4[C@H](O)C(C)=C[C@@H](C(=O)O1)[C@]34O)O2. The van der Waals surface area contributed by atoms with Gasteiger partial charge in [-0.3, -0.25) is 4.79 Å². The van der Waals surface area contributed by atoms with E-state index in [0.717, 1.165) is 12.0 Å². The number of fused-ring (bicyclic) bond motifs is 2. The first kappa shape index (κ1) is 46.7. The quantitative estimate of drug-likeness (QED) is 0.214. The second-order valence-electron chi connectivity index (χ2n) is 19.1. The fourth-order valence-corrected chi connectivity index (χ4v) is 11.1. The van der Waals surface area contributed by atoms with E-state index in [9.17, 15) is 15.0 Å². The predicted octanol–water partition coefficient (Wildman–Crippen LogP) is 5.62. The van der Waals surface area contributed by atoms with Gasteiger partial charge >= 0.3 is 5.97 Å². The maximum absolute atomic E-state index is 14.4. The van der Waals surface area contributed by atoms with Gasteiger partial charge in [-0.25, -0.2) is 0 Å². The van der Waals surface area contributed by atoms with Gasteiger partial charge in [0.25, 0.3) is 0 Å². The highest BCUT2D eigenvalue weighted by Gasteiger charge is 2.60. The zero-order valence-corrected chi connectivity index (χ0v) is 37.9. The molecule has 1 aliphatic carbocycles. The number of aliphatic hydroxyl groups excluding tert-OH is 1. The highest BCUT2D eigenvalue weighted by atomic mass is 16.7. The van der Waals surface area contributed by atoms with Crippen LogP contribution in [-0.4, -0.2) is 128 Å². The van der Waals surface area contributed by atoms with E-state index in [-0.39, 0.29) is 79.0 Å². The standard InChI is InChI=1S/C48H73NO12/c1-11-25(2)44-28(5)17-18-47(61-44)23-34-20-33(60-47)16-15-27(4)43(59-39-22-36(53-9)40(30(7)57-39)37-21-38(54-10)41(49)31(8)56-37)26(3)13-12-14-32-24-55-45-42(50)29(6)19-35(46(51)58-34)48(32,45)52/h12-15,17-19,25-26,28,30-31,33-45,50,52H,11,16,20-24,49H2,1-10H3/b13-12+,27-15+,32-14+/t25?,26-,28-,30-,31-,33+,34-,35-,36-,37+,38-,39-,40?,41+,42+,43-,44+,45+,47+,48+/m0/s1. The lowest BCUT2D eigenvalue weighted by molar-refractivity contribution is -0.300. The summed E-state index contributed by atoms with van der Waals surface area (Å²) in [5.74, 6) is -2.53. The van der Waals surface area contributed by atoms with Crippen molar-refractivity contribution >= 4 is 5.97 Å². The van der Waals surface area contributed by atoms with Gasteiger partial charge in [-0.2, -0.15) is 0 Å². The van der Waals surface area contributed by atoms with Crippen LogP contribution in [0.4, 0.5) is 0 Å². The van der Waals surface area contributed by atoms with Gasteiger partial charge in [0.2, 0.25) is 0 Å². The van der Waals surface area contributed by atoms with Crippen molar-refractivity contribution in [3.05, 3.63) is 59.3 Å². The first-order valence-corrected chi connectivity index (χ1v) is 22.8. The van der Waals surface area contributed by atoms with E-state index < -0.39 is 54.0 Å². The molecular weight excluding hydrogens is 783 g/mol. The summed E-state index contributed by atoms with van der Waals surface area (Å²) in [6.45, 7) is 16.5. The van der Waals surface area contributed by atoms with Crippen molar-refractivity contribution in [2.75, 3.05) is 20.8 Å². The van der Waals surface area contributed by atoms with Crippen LogP contribution in [0.1, 0.15) is 93.9 Å². The lowest BCUT2D eigenvalue weighted by atomic mass is 9.71. The molecule has 13 heteroatoms. The topological polar surface area (TPSA) is 167 Å². The molecule has 7 rings (SSSR count). The number of hydrogen-bond acceptors (Lipinski definition) is 13. The van der Waals surface area contributed by atoms with Crippen LogP contribution in [0.15, 0.2) is 59.3 Å². The third-order valence-electron chi connectivity index (χ3n) is 14.9. The summed E-state index contributed by atoms with van der Waals surface area (Å²) >= 11 is 0. The van der Waals surface area contributed by atoms with Crippen LogP contribution < -0.4 is 5.73 Å². The molecule has 1 spiro atoms. The third-order valence-corrected chi connectivity index (χ3v) is 14.9. The van der Waals surface area contributed by atoms with E-state index >= 15 is 0 Å². The van der Waals surface area contributed by atoms with Gasteiger partial charge in [0.15, 0.2) is 12.1 Å². The second-order valence-corrected chi connectivity index (χ2v) is 19.1. The van der Waals surface area contributed by atoms with E-state index in [1.165, 1.54) is 0 Å². The van der Waals surface area contributed by atoms with Crippen molar-refractivity contribution in [1.82, 2.24) is 0 Å². The first-order chi connectivity index (χ1) is 29.0. The number of ether oxygens (including phenoxy) is 9. The number of esters is 1. The van der Waals surface area contributed by atoms with Crippen molar-refractivity contribution in [2.45, 2.75) is 185 Å². The molecule has 4 N–H and O–H groups in total. The number of carbonyl (C=O) groups excluding carboxylic acids is 1. The minimum Gasteiger partial charge on any atom is -0.462 e. The summed E-state index contributed by atoms with van der Waals surface area (Å²) in [6, 6.07) is -0.216. The van der Waals surface area contributed by atoms with Crippen molar-refractivity contribution < 1.29 is 57.6 Å². The highest BCUT2D eigenvalue weighted by molar-refractivity contribution is 5.78. The smallest absolute Gasteiger partial charge is 0.316 e. The lowest BCUT2D eigenvalue weighted by Crippen LogP contribution is -2.59. The molecule has 61 heavy (non-hydrogen) atoms. The van der Waals surface area contributed by atoms with Crippen LogP contribution in [0, 0.1) is 29.6 Å². The normalized spacial score (nSPS) is 49.8. The van der Waals surface area contributed by atoms with Crippen LogP contribution in [0.5, 0.6) is 0 Å². The summed E-state index contributed by atoms with van der Waals surface area (Å²) in [5.41, 5.74) is 6.63. The summed E-state index contributed by atoms with van der Waals surface area (Å²) < 4.78 is 58.3. The molecule has 0 saturated carbocycles. The van der Waals surface area contributed by atoms with Gasteiger partial charge in [0.1, 0.15) is 29.8 Å². The second kappa shape index (κ2) is 19.1.